The maximum absolute atomic E-state index is 12.6. The molecule has 2 aromatic rings. The summed E-state index contributed by atoms with van der Waals surface area (Å²) in [7, 11) is 0. The Morgan fingerprint density at radius 1 is 1.00 bits per heavy atom. The number of amides is 2. The van der Waals surface area contributed by atoms with Crippen molar-refractivity contribution in [2.45, 2.75) is 12.8 Å². The number of hydrogen-bond donors (Lipinski definition) is 1. The molecule has 4 rings (SSSR count). The summed E-state index contributed by atoms with van der Waals surface area (Å²) in [5, 5.41) is 3.96. The quantitative estimate of drug-likeness (QED) is 0.696. The van der Waals surface area contributed by atoms with Gasteiger partial charge in [-0.3, -0.25) is 9.59 Å². The fourth-order valence-corrected chi connectivity index (χ4v) is 4.07. The van der Waals surface area contributed by atoms with Crippen LogP contribution >= 0.6 is 23.2 Å². The monoisotopic (exact) mass is 446 g/mol. The average Bonchev–Trinajstić information content (AvgIpc) is 3.19. The van der Waals surface area contributed by atoms with E-state index in [4.69, 9.17) is 32.7 Å². The number of nitrogens with one attached hydrogen (secondary N) is 1. The summed E-state index contributed by atoms with van der Waals surface area (Å²) in [6.07, 6.45) is 4.42. The molecule has 0 aromatic heterocycles. The topological polar surface area (TPSA) is 67.9 Å². The van der Waals surface area contributed by atoms with Gasteiger partial charge in [0.05, 0.1) is 0 Å². The molecule has 0 aliphatic carbocycles. The van der Waals surface area contributed by atoms with Crippen LogP contribution in [0, 0.1) is 5.92 Å². The van der Waals surface area contributed by atoms with Gasteiger partial charge in [0.25, 0.3) is 0 Å². The third kappa shape index (κ3) is 4.89. The highest BCUT2D eigenvalue weighted by atomic mass is 35.5. The maximum Gasteiger partial charge on any atom is 0.246 e. The van der Waals surface area contributed by atoms with Crippen LogP contribution in [0.25, 0.3) is 6.08 Å². The average molecular weight is 447 g/mol. The van der Waals surface area contributed by atoms with Gasteiger partial charge in [0, 0.05) is 46.9 Å². The van der Waals surface area contributed by atoms with Gasteiger partial charge in [0.2, 0.25) is 18.6 Å². The van der Waals surface area contributed by atoms with Crippen LogP contribution in [0.3, 0.4) is 0 Å². The normalized spacial score (nSPS) is 16.1. The summed E-state index contributed by atoms with van der Waals surface area (Å²) in [6, 6.07) is 10.4. The summed E-state index contributed by atoms with van der Waals surface area (Å²) >= 11 is 12.0. The smallest absolute Gasteiger partial charge is 0.246 e. The van der Waals surface area contributed by atoms with Crippen LogP contribution in [-0.2, 0) is 9.59 Å². The number of rotatable bonds is 4. The molecule has 2 heterocycles. The molecule has 0 spiro atoms. The lowest BCUT2D eigenvalue weighted by Gasteiger charge is -2.30. The van der Waals surface area contributed by atoms with Crippen LogP contribution < -0.4 is 14.8 Å². The second-order valence-corrected chi connectivity index (χ2v) is 8.07. The number of ether oxygens (including phenoxy) is 2. The van der Waals surface area contributed by atoms with E-state index in [0.29, 0.717) is 53.2 Å². The van der Waals surface area contributed by atoms with Crippen molar-refractivity contribution in [1.82, 2.24) is 4.90 Å². The number of piperidine rings is 1. The summed E-state index contributed by atoms with van der Waals surface area (Å²) in [5.41, 5.74) is 1.43. The molecule has 0 bridgehead atoms. The van der Waals surface area contributed by atoms with E-state index < -0.39 is 0 Å². The first-order chi connectivity index (χ1) is 14.5. The molecule has 8 heteroatoms. The minimum Gasteiger partial charge on any atom is -0.454 e. The standard InChI is InChI=1S/C22H20Cl2N2O4/c23-16-9-14(10-17(24)11-16)1-4-21(27)26-7-5-15(6-8-26)22(28)25-18-2-3-19-20(12-18)30-13-29-19/h1-4,9-12,15H,5-8,13H2,(H,25,28)/b4-1+. The van der Waals surface area contributed by atoms with Crippen LogP contribution in [0.2, 0.25) is 10.0 Å². The molecule has 1 saturated heterocycles. The highest BCUT2D eigenvalue weighted by Crippen LogP contribution is 2.34. The molecule has 6 nitrogen and oxygen atoms in total. The Kier molecular flexibility index (Phi) is 6.16. The summed E-state index contributed by atoms with van der Waals surface area (Å²) < 4.78 is 10.6. The predicted octanol–water partition coefficient (Wildman–Crippen LogP) is 4.61. The molecule has 1 fully saturated rings. The van der Waals surface area contributed by atoms with Gasteiger partial charge in [-0.1, -0.05) is 23.2 Å². The fourth-order valence-electron chi connectivity index (χ4n) is 3.52. The largest absolute Gasteiger partial charge is 0.454 e. The van der Waals surface area contributed by atoms with Crippen LogP contribution in [0.5, 0.6) is 11.5 Å². The third-order valence-corrected chi connectivity index (χ3v) is 5.56. The Morgan fingerprint density at radius 2 is 1.70 bits per heavy atom. The lowest BCUT2D eigenvalue weighted by molar-refractivity contribution is -0.130. The highest BCUT2D eigenvalue weighted by molar-refractivity contribution is 6.34. The lowest BCUT2D eigenvalue weighted by Crippen LogP contribution is -2.40. The van der Waals surface area contributed by atoms with E-state index >= 15 is 0 Å². The van der Waals surface area contributed by atoms with Crippen molar-refractivity contribution >= 4 is 46.8 Å². The second-order valence-electron chi connectivity index (χ2n) is 7.19. The first-order valence-corrected chi connectivity index (χ1v) is 10.4. The van der Waals surface area contributed by atoms with Crippen molar-refractivity contribution in [3.8, 4) is 11.5 Å². The van der Waals surface area contributed by atoms with E-state index in [2.05, 4.69) is 5.32 Å². The summed E-state index contributed by atoms with van der Waals surface area (Å²) in [4.78, 5) is 26.8. The predicted molar refractivity (Wildman–Crippen MR) is 116 cm³/mol. The third-order valence-electron chi connectivity index (χ3n) is 5.12. The van der Waals surface area contributed by atoms with E-state index in [1.54, 1.807) is 47.4 Å². The molecule has 2 aliphatic rings. The number of carbonyl (C=O) groups is 2. The van der Waals surface area contributed by atoms with Gasteiger partial charge in [-0.05, 0) is 54.8 Å². The van der Waals surface area contributed by atoms with Crippen molar-refractivity contribution < 1.29 is 19.1 Å². The Labute approximate surface area is 184 Å². The maximum atomic E-state index is 12.6. The van der Waals surface area contributed by atoms with Gasteiger partial charge < -0.3 is 19.7 Å². The van der Waals surface area contributed by atoms with Crippen molar-refractivity contribution in [2.24, 2.45) is 5.92 Å². The Bertz CT molecular complexity index is 980. The Balaban J connectivity index is 1.29. The molecule has 1 N–H and O–H groups in total. The number of nitrogens with zero attached hydrogens (tertiary/aromatic N) is 1. The lowest BCUT2D eigenvalue weighted by atomic mass is 9.95. The van der Waals surface area contributed by atoms with Gasteiger partial charge in [-0.15, -0.1) is 0 Å². The molecule has 2 aromatic carbocycles. The Morgan fingerprint density at radius 3 is 2.43 bits per heavy atom. The zero-order valence-corrected chi connectivity index (χ0v) is 17.6. The number of halogens is 2. The molecule has 156 valence electrons. The van der Waals surface area contributed by atoms with E-state index in [0.717, 1.165) is 5.56 Å². The zero-order valence-electron chi connectivity index (χ0n) is 16.1. The molecule has 0 radical (unpaired) electrons. The molecular weight excluding hydrogens is 427 g/mol. The van der Waals surface area contributed by atoms with Crippen LogP contribution in [0.1, 0.15) is 18.4 Å². The summed E-state index contributed by atoms with van der Waals surface area (Å²) in [5.74, 6) is 1.01. The molecule has 30 heavy (non-hydrogen) atoms. The highest BCUT2D eigenvalue weighted by Gasteiger charge is 2.27. The zero-order chi connectivity index (χ0) is 21.1. The van der Waals surface area contributed by atoms with E-state index in [1.165, 1.54) is 6.08 Å². The molecule has 0 saturated carbocycles. The van der Waals surface area contributed by atoms with E-state index in [1.807, 2.05) is 0 Å². The van der Waals surface area contributed by atoms with Gasteiger partial charge in [0.1, 0.15) is 0 Å². The molecule has 2 aliphatic heterocycles. The fraction of sp³-hybridized carbons (Fsp3) is 0.273. The molecular formula is C22H20Cl2N2O4. The van der Waals surface area contributed by atoms with Crippen molar-refractivity contribution in [2.75, 3.05) is 25.2 Å². The number of carbonyl (C=O) groups excluding carboxylic acids is 2. The Hall–Kier alpha value is -2.70. The number of benzene rings is 2. The molecule has 0 unspecified atom stereocenters. The van der Waals surface area contributed by atoms with Gasteiger partial charge in [-0.25, -0.2) is 0 Å². The van der Waals surface area contributed by atoms with Gasteiger partial charge >= 0.3 is 0 Å². The van der Waals surface area contributed by atoms with Crippen molar-refractivity contribution in [1.29, 1.82) is 0 Å². The van der Waals surface area contributed by atoms with Crippen molar-refractivity contribution in [3.05, 3.63) is 58.1 Å². The number of hydrogen-bond acceptors (Lipinski definition) is 4. The SMILES string of the molecule is O=C(Nc1ccc2c(c1)OCO2)C1CCN(C(=O)/C=C/c2cc(Cl)cc(Cl)c2)CC1. The number of fused-ring (bicyclic) bond motifs is 1. The second kappa shape index (κ2) is 8.98. The van der Waals surface area contributed by atoms with Crippen LogP contribution in [-0.4, -0.2) is 36.6 Å². The van der Waals surface area contributed by atoms with E-state index in [-0.39, 0.29) is 24.5 Å². The van der Waals surface area contributed by atoms with Crippen LogP contribution in [0.4, 0.5) is 5.69 Å². The van der Waals surface area contributed by atoms with Gasteiger partial charge in [0.15, 0.2) is 11.5 Å². The first kappa shape index (κ1) is 20.6. The molecule has 0 atom stereocenters. The first-order valence-electron chi connectivity index (χ1n) is 9.61. The van der Waals surface area contributed by atoms with Crippen molar-refractivity contribution in [3.63, 3.8) is 0 Å². The molecule has 2 amide bonds. The number of anilines is 1. The number of likely N-dealkylation sites (tertiary alicyclic amines) is 1. The van der Waals surface area contributed by atoms with E-state index in [9.17, 15) is 9.59 Å². The van der Waals surface area contributed by atoms with Gasteiger partial charge in [-0.2, -0.15) is 0 Å². The minimum atomic E-state index is -0.143. The van der Waals surface area contributed by atoms with Crippen LogP contribution in [0.15, 0.2) is 42.5 Å². The minimum absolute atomic E-state index is 0.0509. The summed E-state index contributed by atoms with van der Waals surface area (Å²) in [6.45, 7) is 1.25.